The van der Waals surface area contributed by atoms with E-state index in [-0.39, 0.29) is 0 Å². The van der Waals surface area contributed by atoms with E-state index in [1.807, 2.05) is 35.8 Å². The van der Waals surface area contributed by atoms with Gasteiger partial charge in [0.15, 0.2) is 5.82 Å². The van der Waals surface area contributed by atoms with Crippen molar-refractivity contribution in [1.29, 1.82) is 0 Å². The lowest BCUT2D eigenvalue weighted by molar-refractivity contribution is 0.385. The fraction of sp³-hybridized carbons (Fsp3) is 0. The van der Waals surface area contributed by atoms with Crippen molar-refractivity contribution in [2.75, 3.05) is 5.48 Å². The molecule has 0 aliphatic carbocycles. The van der Waals surface area contributed by atoms with Crippen molar-refractivity contribution in [3.05, 3.63) is 36.7 Å². The van der Waals surface area contributed by atoms with Crippen molar-refractivity contribution in [1.82, 2.24) is 15.2 Å². The summed E-state index contributed by atoms with van der Waals surface area (Å²) in [5.41, 5.74) is 3.36. The van der Waals surface area contributed by atoms with Gasteiger partial charge in [0.2, 0.25) is 0 Å². The second-order valence-corrected chi connectivity index (χ2v) is 2.64. The highest BCUT2D eigenvalue weighted by atomic mass is 16.5. The Bertz CT molecular complexity index is 418. The van der Waals surface area contributed by atoms with Crippen LogP contribution in [0, 0.1) is 0 Å². The molecule has 70 valence electrons. The van der Waals surface area contributed by atoms with Gasteiger partial charge in [-0.15, -0.1) is 10.2 Å². The van der Waals surface area contributed by atoms with Gasteiger partial charge in [0, 0.05) is 5.56 Å². The fourth-order valence-corrected chi connectivity index (χ4v) is 1.15. The predicted molar refractivity (Wildman–Crippen MR) is 50.7 cm³/mol. The van der Waals surface area contributed by atoms with E-state index in [9.17, 15) is 0 Å². The minimum Gasteiger partial charge on any atom is -0.290 e. The summed E-state index contributed by atoms with van der Waals surface area (Å²) in [5.74, 6) is 0.297. The van der Waals surface area contributed by atoms with Gasteiger partial charge in [-0.05, 0) is 0 Å². The lowest BCUT2D eigenvalue weighted by Gasteiger charge is -2.03. The van der Waals surface area contributed by atoms with Gasteiger partial charge in [-0.1, -0.05) is 30.3 Å². The van der Waals surface area contributed by atoms with Gasteiger partial charge in [0.1, 0.15) is 12.0 Å². The average Bonchev–Trinajstić information content (AvgIpc) is 2.30. The molecule has 0 saturated carbocycles. The van der Waals surface area contributed by atoms with Crippen molar-refractivity contribution in [3.8, 4) is 11.3 Å². The number of rotatable bonds is 2. The molecule has 1 heterocycles. The van der Waals surface area contributed by atoms with Crippen LogP contribution in [-0.2, 0) is 0 Å². The molecule has 0 atom stereocenters. The molecule has 0 bridgehead atoms. The third kappa shape index (κ3) is 1.53. The Kier molecular flexibility index (Phi) is 2.33. The van der Waals surface area contributed by atoms with Crippen LogP contribution in [0.1, 0.15) is 0 Å². The molecule has 0 spiro atoms. The molecule has 2 N–H and O–H groups in total. The molecule has 1 aromatic carbocycles. The van der Waals surface area contributed by atoms with Gasteiger partial charge in [0.25, 0.3) is 0 Å². The second kappa shape index (κ2) is 3.80. The molecule has 0 saturated heterocycles. The number of benzene rings is 1. The molecule has 2 rings (SSSR count). The maximum atomic E-state index is 8.80. The summed E-state index contributed by atoms with van der Waals surface area (Å²) in [7, 11) is 0. The number of hydrogen-bond donors (Lipinski definition) is 2. The van der Waals surface area contributed by atoms with Crippen LogP contribution in [0.15, 0.2) is 36.7 Å². The van der Waals surface area contributed by atoms with Gasteiger partial charge >= 0.3 is 0 Å². The monoisotopic (exact) mass is 189 g/mol. The van der Waals surface area contributed by atoms with Crippen molar-refractivity contribution in [2.24, 2.45) is 0 Å². The Morgan fingerprint density at radius 1 is 1.14 bits per heavy atom. The lowest BCUT2D eigenvalue weighted by Crippen LogP contribution is -1.99. The van der Waals surface area contributed by atoms with E-state index in [4.69, 9.17) is 5.21 Å². The topological polar surface area (TPSA) is 70.9 Å². The van der Waals surface area contributed by atoms with Crippen LogP contribution in [0.2, 0.25) is 0 Å². The Morgan fingerprint density at radius 3 is 2.64 bits per heavy atom. The molecule has 0 amide bonds. The molecule has 1 aromatic heterocycles. The molecule has 0 aliphatic heterocycles. The maximum absolute atomic E-state index is 8.80. The number of hydrogen-bond acceptors (Lipinski definition) is 5. The van der Waals surface area contributed by atoms with E-state index in [1.165, 1.54) is 6.33 Å². The van der Waals surface area contributed by atoms with Crippen LogP contribution >= 0.6 is 0 Å². The summed E-state index contributed by atoms with van der Waals surface area (Å²) in [5, 5.41) is 16.3. The van der Waals surface area contributed by atoms with Gasteiger partial charge in [-0.3, -0.25) is 10.7 Å². The molecular formula is C9H8N4O. The third-order valence-corrected chi connectivity index (χ3v) is 1.77. The highest BCUT2D eigenvalue weighted by molar-refractivity contribution is 5.69. The van der Waals surface area contributed by atoms with E-state index < -0.39 is 0 Å². The highest BCUT2D eigenvalue weighted by Gasteiger charge is 2.06. The predicted octanol–water partition coefficient (Wildman–Crippen LogP) is 1.34. The summed E-state index contributed by atoms with van der Waals surface area (Å²) < 4.78 is 0. The number of aromatic nitrogens is 3. The van der Waals surface area contributed by atoms with Crippen molar-refractivity contribution >= 4 is 5.82 Å². The summed E-state index contributed by atoms with van der Waals surface area (Å²) in [6.45, 7) is 0. The molecule has 2 aromatic rings. The third-order valence-electron chi connectivity index (χ3n) is 1.77. The first-order valence-corrected chi connectivity index (χ1v) is 4.05. The molecule has 5 heteroatoms. The van der Waals surface area contributed by atoms with Crippen LogP contribution < -0.4 is 5.48 Å². The SMILES string of the molecule is ONc1[15n]cnnc1-c1ccccc1. The van der Waals surface area contributed by atoms with E-state index in [0.29, 0.717) is 11.5 Å². The van der Waals surface area contributed by atoms with Crippen molar-refractivity contribution < 1.29 is 5.21 Å². The first-order chi connectivity index (χ1) is 6.92. The van der Waals surface area contributed by atoms with Crippen molar-refractivity contribution in [2.45, 2.75) is 0 Å². The van der Waals surface area contributed by atoms with E-state index in [1.54, 1.807) is 0 Å². The molecular weight excluding hydrogens is 181 g/mol. The molecule has 5 nitrogen and oxygen atoms in total. The van der Waals surface area contributed by atoms with Crippen LogP contribution in [0.4, 0.5) is 5.82 Å². The molecule has 0 radical (unpaired) electrons. The van der Waals surface area contributed by atoms with E-state index >= 15 is 0 Å². The van der Waals surface area contributed by atoms with E-state index in [0.717, 1.165) is 5.56 Å². The summed E-state index contributed by atoms with van der Waals surface area (Å²) in [6, 6.07) is 9.40. The lowest BCUT2D eigenvalue weighted by atomic mass is 10.1. The fourth-order valence-electron chi connectivity index (χ4n) is 1.15. The minimum absolute atomic E-state index is 0.297. The average molecular weight is 189 g/mol. The zero-order valence-electron chi connectivity index (χ0n) is 7.25. The molecule has 0 fully saturated rings. The van der Waals surface area contributed by atoms with E-state index in [2.05, 4.69) is 15.2 Å². The summed E-state index contributed by atoms with van der Waals surface area (Å²) in [6.07, 6.45) is 1.27. The van der Waals surface area contributed by atoms with Gasteiger partial charge in [-0.25, -0.2) is 4.98 Å². The first kappa shape index (κ1) is 8.58. The first-order valence-electron chi connectivity index (χ1n) is 4.05. The van der Waals surface area contributed by atoms with Crippen LogP contribution in [0.5, 0.6) is 0 Å². The Labute approximate surface area is 80.4 Å². The van der Waals surface area contributed by atoms with Gasteiger partial charge < -0.3 is 0 Å². The second-order valence-electron chi connectivity index (χ2n) is 2.64. The number of nitrogens with one attached hydrogen (secondary N) is 1. The maximum Gasteiger partial charge on any atom is 0.179 e. The quantitative estimate of drug-likeness (QED) is 0.697. The molecule has 0 unspecified atom stereocenters. The number of nitrogens with zero attached hydrogens (tertiary/aromatic N) is 3. The minimum atomic E-state index is 0.297. The smallest absolute Gasteiger partial charge is 0.179 e. The summed E-state index contributed by atoms with van der Waals surface area (Å²) >= 11 is 0. The standard InChI is InChI=1S/C9H8N4O/c14-13-9-8(12-11-6-10-9)7-4-2-1-3-5-7/h1-6,14H,(H,10,11,13)/i10+1. The zero-order valence-corrected chi connectivity index (χ0v) is 7.25. The summed E-state index contributed by atoms with van der Waals surface area (Å²) in [4.78, 5) is 3.84. The largest absolute Gasteiger partial charge is 0.290 e. The zero-order chi connectivity index (χ0) is 9.80. The Balaban J connectivity index is 2.51. The van der Waals surface area contributed by atoms with Gasteiger partial charge in [0.05, 0.1) is 0 Å². The molecule has 14 heavy (non-hydrogen) atoms. The molecule has 0 aliphatic rings. The van der Waals surface area contributed by atoms with Crippen molar-refractivity contribution in [3.63, 3.8) is 0 Å². The van der Waals surface area contributed by atoms with Gasteiger partial charge in [-0.2, -0.15) is 0 Å². The Hall–Kier alpha value is -2.01. The Morgan fingerprint density at radius 2 is 1.93 bits per heavy atom. The van der Waals surface area contributed by atoms with Crippen LogP contribution in [0.3, 0.4) is 0 Å². The van der Waals surface area contributed by atoms with Crippen LogP contribution in [-0.4, -0.2) is 20.4 Å². The normalized spacial score (nSPS) is 9.79. The number of anilines is 1. The van der Waals surface area contributed by atoms with Crippen LogP contribution in [0.25, 0.3) is 11.3 Å². The highest BCUT2D eigenvalue weighted by Crippen LogP contribution is 2.21.